The molecule has 0 aliphatic heterocycles. The van der Waals surface area contributed by atoms with E-state index in [0.717, 1.165) is 33.6 Å². The van der Waals surface area contributed by atoms with E-state index in [1.807, 2.05) is 13.1 Å². The molecule has 1 heterocycles. The van der Waals surface area contributed by atoms with Crippen molar-refractivity contribution >= 4 is 23.4 Å². The molecule has 1 aromatic carbocycles. The van der Waals surface area contributed by atoms with Crippen molar-refractivity contribution in [2.45, 2.75) is 36.4 Å². The number of aryl methyl sites for hydroxylation is 1. The van der Waals surface area contributed by atoms with Crippen LogP contribution in [0.3, 0.4) is 0 Å². The minimum atomic E-state index is 0.260. The largest absolute Gasteiger partial charge is 0.310 e. The predicted molar refractivity (Wildman–Crippen MR) is 83.3 cm³/mol. The molecule has 1 aromatic heterocycles. The number of halogens is 1. The van der Waals surface area contributed by atoms with E-state index in [1.54, 1.807) is 22.8 Å². The Morgan fingerprint density at radius 2 is 2.25 bits per heavy atom. The van der Waals surface area contributed by atoms with Crippen molar-refractivity contribution < 1.29 is 0 Å². The zero-order valence-electron chi connectivity index (χ0n) is 11.9. The molecule has 1 N–H and O–H groups in total. The van der Waals surface area contributed by atoms with Crippen molar-refractivity contribution in [1.82, 2.24) is 20.1 Å². The van der Waals surface area contributed by atoms with Crippen LogP contribution in [0.1, 0.15) is 31.9 Å². The molecule has 0 aliphatic rings. The molecule has 0 bridgehead atoms. The SMILES string of the molecule is CCCNC(C)c1ccc(Sc2ncnn2C)cc1Cl. The number of nitrogens with zero attached hydrogens (tertiary/aromatic N) is 3. The second-order valence-electron chi connectivity index (χ2n) is 4.63. The van der Waals surface area contributed by atoms with Crippen LogP contribution in [0.5, 0.6) is 0 Å². The second-order valence-corrected chi connectivity index (χ2v) is 6.08. The van der Waals surface area contributed by atoms with Crippen molar-refractivity contribution in [3.8, 4) is 0 Å². The zero-order valence-corrected chi connectivity index (χ0v) is 13.5. The van der Waals surface area contributed by atoms with Gasteiger partial charge in [-0.25, -0.2) is 9.67 Å². The monoisotopic (exact) mass is 310 g/mol. The molecule has 0 fully saturated rings. The van der Waals surface area contributed by atoms with Gasteiger partial charge in [0.05, 0.1) is 0 Å². The maximum Gasteiger partial charge on any atom is 0.190 e. The van der Waals surface area contributed by atoms with E-state index in [-0.39, 0.29) is 6.04 Å². The molecule has 0 aliphatic carbocycles. The molecule has 0 amide bonds. The highest BCUT2D eigenvalue weighted by molar-refractivity contribution is 7.99. The fourth-order valence-corrected chi connectivity index (χ4v) is 3.09. The van der Waals surface area contributed by atoms with Gasteiger partial charge < -0.3 is 5.32 Å². The number of benzene rings is 1. The van der Waals surface area contributed by atoms with Crippen LogP contribution in [0.15, 0.2) is 34.6 Å². The van der Waals surface area contributed by atoms with Crippen molar-refractivity contribution in [1.29, 1.82) is 0 Å². The van der Waals surface area contributed by atoms with Gasteiger partial charge in [-0.05, 0) is 37.6 Å². The Bertz CT molecular complexity index is 570. The number of hydrogen-bond donors (Lipinski definition) is 1. The lowest BCUT2D eigenvalue weighted by Gasteiger charge is -2.15. The van der Waals surface area contributed by atoms with E-state index in [4.69, 9.17) is 11.6 Å². The maximum absolute atomic E-state index is 6.39. The first kappa shape index (κ1) is 15.4. The average Bonchev–Trinajstić information content (AvgIpc) is 2.82. The summed E-state index contributed by atoms with van der Waals surface area (Å²) in [6.07, 6.45) is 2.66. The minimum Gasteiger partial charge on any atom is -0.310 e. The van der Waals surface area contributed by atoms with Crippen LogP contribution < -0.4 is 5.32 Å². The first-order valence-corrected chi connectivity index (χ1v) is 7.86. The molecule has 1 atom stereocenters. The summed E-state index contributed by atoms with van der Waals surface area (Å²) in [5, 5.41) is 9.14. The molecular weight excluding hydrogens is 292 g/mol. The summed E-state index contributed by atoms with van der Waals surface area (Å²) in [7, 11) is 1.88. The molecule has 4 nitrogen and oxygen atoms in total. The van der Waals surface area contributed by atoms with Gasteiger partial charge in [-0.3, -0.25) is 0 Å². The maximum atomic E-state index is 6.39. The first-order valence-electron chi connectivity index (χ1n) is 6.66. The smallest absolute Gasteiger partial charge is 0.190 e. The van der Waals surface area contributed by atoms with E-state index in [2.05, 4.69) is 41.4 Å². The highest BCUT2D eigenvalue weighted by Crippen LogP contribution is 2.31. The topological polar surface area (TPSA) is 42.7 Å². The Morgan fingerprint density at radius 3 is 2.85 bits per heavy atom. The Hall–Kier alpha value is -1.04. The van der Waals surface area contributed by atoms with Gasteiger partial charge in [0.25, 0.3) is 0 Å². The zero-order chi connectivity index (χ0) is 14.5. The number of aromatic nitrogens is 3. The van der Waals surface area contributed by atoms with Gasteiger partial charge in [0.15, 0.2) is 5.16 Å². The standard InChI is InChI=1S/C14H19ClN4S/c1-4-7-16-10(2)12-6-5-11(8-13(12)15)20-14-17-9-18-19(14)3/h5-6,8-10,16H,4,7H2,1-3H3. The van der Waals surface area contributed by atoms with Gasteiger partial charge in [-0.15, -0.1) is 0 Å². The Labute approximate surface area is 128 Å². The molecule has 2 rings (SSSR count). The van der Waals surface area contributed by atoms with Crippen LogP contribution in [-0.2, 0) is 7.05 Å². The molecule has 0 spiro atoms. The lowest BCUT2D eigenvalue weighted by molar-refractivity contribution is 0.570. The summed E-state index contributed by atoms with van der Waals surface area (Å²) in [4.78, 5) is 5.27. The summed E-state index contributed by atoms with van der Waals surface area (Å²) in [6, 6.07) is 6.40. The third-order valence-corrected chi connectivity index (χ3v) is 4.39. The van der Waals surface area contributed by atoms with Crippen LogP contribution in [0.2, 0.25) is 5.02 Å². The minimum absolute atomic E-state index is 0.260. The van der Waals surface area contributed by atoms with Gasteiger partial charge in [0, 0.05) is 23.0 Å². The van der Waals surface area contributed by atoms with E-state index in [1.165, 1.54) is 0 Å². The predicted octanol–water partition coefficient (Wildman–Crippen LogP) is 3.68. The molecular formula is C14H19ClN4S. The van der Waals surface area contributed by atoms with Crippen molar-refractivity contribution in [2.24, 2.45) is 7.05 Å². The summed E-state index contributed by atoms with van der Waals surface area (Å²) in [5.74, 6) is 0. The third kappa shape index (κ3) is 3.75. The average molecular weight is 311 g/mol. The molecule has 1 unspecified atom stereocenters. The number of rotatable bonds is 6. The van der Waals surface area contributed by atoms with Gasteiger partial charge in [0.2, 0.25) is 0 Å². The molecule has 6 heteroatoms. The van der Waals surface area contributed by atoms with E-state index < -0.39 is 0 Å². The lowest BCUT2D eigenvalue weighted by Crippen LogP contribution is -2.19. The summed E-state index contributed by atoms with van der Waals surface area (Å²) in [6.45, 7) is 5.28. The fraction of sp³-hybridized carbons (Fsp3) is 0.429. The van der Waals surface area contributed by atoms with Crippen LogP contribution in [-0.4, -0.2) is 21.3 Å². The number of hydrogen-bond acceptors (Lipinski definition) is 4. The van der Waals surface area contributed by atoms with Crippen molar-refractivity contribution in [3.63, 3.8) is 0 Å². The van der Waals surface area contributed by atoms with Crippen LogP contribution in [0.4, 0.5) is 0 Å². The summed E-state index contributed by atoms with van der Waals surface area (Å²) >= 11 is 7.94. The molecule has 2 aromatic rings. The fourth-order valence-electron chi connectivity index (χ4n) is 1.88. The highest BCUT2D eigenvalue weighted by Gasteiger charge is 2.11. The highest BCUT2D eigenvalue weighted by atomic mass is 35.5. The van der Waals surface area contributed by atoms with Gasteiger partial charge in [-0.2, -0.15) is 5.10 Å². The van der Waals surface area contributed by atoms with Crippen LogP contribution in [0.25, 0.3) is 0 Å². The lowest BCUT2D eigenvalue weighted by atomic mass is 10.1. The van der Waals surface area contributed by atoms with E-state index in [9.17, 15) is 0 Å². The van der Waals surface area contributed by atoms with Gasteiger partial charge in [0.1, 0.15) is 6.33 Å². The first-order chi connectivity index (χ1) is 9.61. The Balaban J connectivity index is 2.11. The summed E-state index contributed by atoms with van der Waals surface area (Å²) in [5.41, 5.74) is 1.13. The van der Waals surface area contributed by atoms with Crippen molar-refractivity contribution in [3.05, 3.63) is 35.1 Å². The Morgan fingerprint density at radius 1 is 1.45 bits per heavy atom. The normalized spacial score (nSPS) is 12.6. The van der Waals surface area contributed by atoms with Crippen molar-refractivity contribution in [2.75, 3.05) is 6.54 Å². The van der Waals surface area contributed by atoms with Gasteiger partial charge in [-0.1, -0.05) is 36.4 Å². The Kier molecular flexibility index (Phi) is 5.46. The summed E-state index contributed by atoms with van der Waals surface area (Å²) < 4.78 is 1.75. The van der Waals surface area contributed by atoms with E-state index in [0.29, 0.717) is 0 Å². The molecule has 0 saturated carbocycles. The third-order valence-electron chi connectivity index (χ3n) is 3.02. The number of nitrogens with one attached hydrogen (secondary N) is 1. The van der Waals surface area contributed by atoms with Crippen LogP contribution in [0, 0.1) is 0 Å². The second kappa shape index (κ2) is 7.11. The molecule has 20 heavy (non-hydrogen) atoms. The van der Waals surface area contributed by atoms with Gasteiger partial charge >= 0.3 is 0 Å². The molecule has 0 saturated heterocycles. The molecule has 108 valence electrons. The quantitative estimate of drug-likeness (QED) is 0.884. The molecule has 0 radical (unpaired) electrons. The van der Waals surface area contributed by atoms with Crippen LogP contribution >= 0.6 is 23.4 Å². The van der Waals surface area contributed by atoms with E-state index >= 15 is 0 Å².